The highest BCUT2D eigenvalue weighted by Crippen LogP contribution is 2.23. The summed E-state index contributed by atoms with van der Waals surface area (Å²) in [5.74, 6) is -0.179. The molecule has 0 aliphatic carbocycles. The molecule has 0 radical (unpaired) electrons. The van der Waals surface area contributed by atoms with Gasteiger partial charge in [-0.05, 0) is 31.8 Å². The second-order valence-corrected chi connectivity index (χ2v) is 4.04. The zero-order valence-corrected chi connectivity index (χ0v) is 11.6. The van der Waals surface area contributed by atoms with Gasteiger partial charge in [0.05, 0.1) is 0 Å². The summed E-state index contributed by atoms with van der Waals surface area (Å²) in [5, 5.41) is 3.01. The van der Waals surface area contributed by atoms with Crippen LogP contribution in [-0.4, -0.2) is 38.4 Å². The molecule has 0 spiro atoms. The van der Waals surface area contributed by atoms with E-state index in [-0.39, 0.29) is 18.2 Å². The summed E-state index contributed by atoms with van der Waals surface area (Å²) in [5.41, 5.74) is 0.787. The highest BCUT2D eigenvalue weighted by atomic mass is 35.5. The minimum atomic E-state index is -4.64. The number of ether oxygens (including phenoxy) is 1. The van der Waals surface area contributed by atoms with Gasteiger partial charge in [-0.15, -0.1) is 25.6 Å². The first-order valence-electron chi connectivity index (χ1n) is 5.58. The monoisotopic (exact) mass is 298 g/mol. The fourth-order valence-corrected chi connectivity index (χ4v) is 1.53. The number of benzene rings is 1. The van der Waals surface area contributed by atoms with E-state index in [2.05, 4.69) is 10.1 Å². The summed E-state index contributed by atoms with van der Waals surface area (Å²) in [6.45, 7) is 2.23. The number of rotatable bonds is 6. The van der Waals surface area contributed by atoms with Crippen LogP contribution in [0.2, 0.25) is 0 Å². The Bertz CT molecular complexity index is 374. The Kier molecular flexibility index (Phi) is 7.82. The van der Waals surface area contributed by atoms with Gasteiger partial charge in [-0.25, -0.2) is 0 Å². The number of likely N-dealkylation sites (N-methyl/N-ethyl adjacent to an activating group) is 2. The molecule has 0 atom stereocenters. The lowest BCUT2D eigenvalue weighted by Crippen LogP contribution is -2.27. The van der Waals surface area contributed by atoms with Crippen molar-refractivity contribution in [3.63, 3.8) is 0 Å². The normalized spacial score (nSPS) is 11.3. The fraction of sp³-hybridized carbons (Fsp3) is 0.500. The van der Waals surface area contributed by atoms with E-state index in [1.807, 2.05) is 19.0 Å². The number of hydrogen-bond acceptors (Lipinski definition) is 3. The Morgan fingerprint density at radius 3 is 2.58 bits per heavy atom. The van der Waals surface area contributed by atoms with Gasteiger partial charge in [0.2, 0.25) is 0 Å². The van der Waals surface area contributed by atoms with Crippen LogP contribution in [-0.2, 0) is 6.54 Å². The summed E-state index contributed by atoms with van der Waals surface area (Å²) in [6.07, 6.45) is -4.64. The van der Waals surface area contributed by atoms with Crippen LogP contribution in [0.15, 0.2) is 24.3 Å². The van der Waals surface area contributed by atoms with Gasteiger partial charge in [-0.3, -0.25) is 0 Å². The molecule has 0 amide bonds. The molecular weight excluding hydrogens is 281 g/mol. The lowest BCUT2D eigenvalue weighted by molar-refractivity contribution is -0.274. The van der Waals surface area contributed by atoms with Gasteiger partial charge < -0.3 is 15.0 Å². The molecule has 0 aromatic heterocycles. The summed E-state index contributed by atoms with van der Waals surface area (Å²) in [7, 11) is 3.76. The molecular formula is C12H18ClF3N2O. The Morgan fingerprint density at radius 2 is 2.00 bits per heavy atom. The van der Waals surface area contributed by atoms with Crippen molar-refractivity contribution in [1.29, 1.82) is 0 Å². The van der Waals surface area contributed by atoms with Crippen LogP contribution < -0.4 is 10.1 Å². The maximum absolute atomic E-state index is 12.1. The molecule has 0 saturated heterocycles. The van der Waals surface area contributed by atoms with Crippen molar-refractivity contribution in [2.24, 2.45) is 0 Å². The topological polar surface area (TPSA) is 24.5 Å². The molecule has 1 aromatic rings. The van der Waals surface area contributed by atoms with Gasteiger partial charge in [0, 0.05) is 19.6 Å². The minimum absolute atomic E-state index is 0. The number of halogens is 4. The second kappa shape index (κ2) is 8.24. The Morgan fingerprint density at radius 1 is 1.32 bits per heavy atom. The lowest BCUT2D eigenvalue weighted by Gasteiger charge is -2.17. The first kappa shape index (κ1) is 18.0. The molecule has 0 aliphatic heterocycles. The molecule has 0 heterocycles. The van der Waals surface area contributed by atoms with Crippen LogP contribution >= 0.6 is 12.4 Å². The van der Waals surface area contributed by atoms with Gasteiger partial charge in [-0.2, -0.15) is 0 Å². The third-order valence-electron chi connectivity index (χ3n) is 2.33. The molecule has 1 aromatic carbocycles. The highest BCUT2D eigenvalue weighted by molar-refractivity contribution is 5.85. The summed E-state index contributed by atoms with van der Waals surface area (Å²) in [4.78, 5) is 2.02. The van der Waals surface area contributed by atoms with Crippen LogP contribution in [0.25, 0.3) is 0 Å². The Hall–Kier alpha value is -0.980. The van der Waals surface area contributed by atoms with E-state index in [1.165, 1.54) is 12.1 Å². The first-order valence-corrected chi connectivity index (χ1v) is 5.58. The molecule has 1 N–H and O–H groups in total. The van der Waals surface area contributed by atoms with Gasteiger partial charge in [0.25, 0.3) is 0 Å². The number of nitrogens with zero attached hydrogens (tertiary/aromatic N) is 1. The maximum Gasteiger partial charge on any atom is 0.573 e. The van der Waals surface area contributed by atoms with Crippen molar-refractivity contribution in [2.75, 3.05) is 27.2 Å². The molecule has 0 aliphatic rings. The van der Waals surface area contributed by atoms with Crippen molar-refractivity contribution < 1.29 is 17.9 Å². The lowest BCUT2D eigenvalue weighted by atomic mass is 10.2. The molecule has 7 heteroatoms. The minimum Gasteiger partial charge on any atom is -0.406 e. The van der Waals surface area contributed by atoms with Gasteiger partial charge in [-0.1, -0.05) is 12.1 Å². The van der Waals surface area contributed by atoms with Crippen LogP contribution in [0.3, 0.4) is 0 Å². The van der Waals surface area contributed by atoms with Crippen LogP contribution in [0.5, 0.6) is 5.75 Å². The highest BCUT2D eigenvalue weighted by Gasteiger charge is 2.31. The molecule has 0 bridgehead atoms. The molecule has 110 valence electrons. The summed E-state index contributed by atoms with van der Waals surface area (Å²) in [6, 6.07) is 6.04. The predicted molar refractivity (Wildman–Crippen MR) is 70.6 cm³/mol. The van der Waals surface area contributed by atoms with E-state index >= 15 is 0 Å². The summed E-state index contributed by atoms with van der Waals surface area (Å²) >= 11 is 0. The smallest absolute Gasteiger partial charge is 0.406 e. The third-order valence-corrected chi connectivity index (χ3v) is 2.33. The van der Waals surface area contributed by atoms with Crippen molar-refractivity contribution in [3.8, 4) is 5.75 Å². The zero-order chi connectivity index (χ0) is 13.6. The average Bonchev–Trinajstić information content (AvgIpc) is 2.24. The first-order chi connectivity index (χ1) is 8.40. The van der Waals surface area contributed by atoms with E-state index in [0.29, 0.717) is 6.54 Å². The maximum atomic E-state index is 12.1. The largest absolute Gasteiger partial charge is 0.573 e. The zero-order valence-electron chi connectivity index (χ0n) is 10.8. The fourth-order valence-electron chi connectivity index (χ4n) is 1.53. The summed E-state index contributed by atoms with van der Waals surface area (Å²) < 4.78 is 40.1. The van der Waals surface area contributed by atoms with Gasteiger partial charge >= 0.3 is 6.36 Å². The molecule has 0 fully saturated rings. The third kappa shape index (κ3) is 7.92. The molecule has 0 saturated carbocycles. The Balaban J connectivity index is 0.00000324. The molecule has 1 rings (SSSR count). The quantitative estimate of drug-likeness (QED) is 0.874. The molecule has 19 heavy (non-hydrogen) atoms. The van der Waals surface area contributed by atoms with E-state index in [0.717, 1.165) is 18.7 Å². The predicted octanol–water partition coefficient (Wildman–Crippen LogP) is 2.66. The van der Waals surface area contributed by atoms with E-state index in [9.17, 15) is 13.2 Å². The van der Waals surface area contributed by atoms with Crippen molar-refractivity contribution in [3.05, 3.63) is 29.8 Å². The van der Waals surface area contributed by atoms with E-state index < -0.39 is 6.36 Å². The Labute approximate surface area is 117 Å². The van der Waals surface area contributed by atoms with E-state index in [1.54, 1.807) is 12.1 Å². The van der Waals surface area contributed by atoms with Crippen molar-refractivity contribution in [1.82, 2.24) is 10.2 Å². The van der Waals surface area contributed by atoms with Gasteiger partial charge in [0.15, 0.2) is 0 Å². The number of hydrogen-bond donors (Lipinski definition) is 1. The van der Waals surface area contributed by atoms with Crippen LogP contribution in [0.4, 0.5) is 13.2 Å². The van der Waals surface area contributed by atoms with Crippen molar-refractivity contribution >= 4 is 12.4 Å². The van der Waals surface area contributed by atoms with Crippen LogP contribution in [0, 0.1) is 0 Å². The molecule has 3 nitrogen and oxygen atoms in total. The van der Waals surface area contributed by atoms with E-state index in [4.69, 9.17) is 0 Å². The number of alkyl halides is 3. The average molecular weight is 299 g/mol. The number of nitrogens with one attached hydrogen (secondary N) is 1. The van der Waals surface area contributed by atoms with Gasteiger partial charge in [0.1, 0.15) is 5.75 Å². The molecule has 0 unspecified atom stereocenters. The van der Waals surface area contributed by atoms with Crippen LogP contribution in [0.1, 0.15) is 5.56 Å². The second-order valence-electron chi connectivity index (χ2n) is 4.04. The van der Waals surface area contributed by atoms with Crippen molar-refractivity contribution in [2.45, 2.75) is 12.9 Å². The standard InChI is InChI=1S/C12H17F3N2O.ClH/c1-16-6-7-17(2)9-10-4-3-5-11(8-10)18-12(13,14)15;/h3-5,8,16H,6-7,9H2,1-2H3;1H. The SMILES string of the molecule is CNCCN(C)Cc1cccc(OC(F)(F)F)c1.Cl.